The molecule has 2 heterocycles. The number of hydrogen-bond acceptors (Lipinski definition) is 5. The van der Waals surface area contributed by atoms with E-state index in [1.54, 1.807) is 6.92 Å². The van der Waals surface area contributed by atoms with Gasteiger partial charge in [0.1, 0.15) is 5.84 Å². The van der Waals surface area contributed by atoms with Crippen molar-refractivity contribution in [2.24, 2.45) is 5.73 Å². The fraction of sp³-hybridized carbons (Fsp3) is 0.167. The Balaban J connectivity index is 2.50. The third-order valence-electron chi connectivity index (χ3n) is 2.42. The number of aromatic nitrogens is 3. The summed E-state index contributed by atoms with van der Waals surface area (Å²) in [6.07, 6.45) is 1.44. The molecule has 0 aliphatic carbocycles. The number of aryl methyl sites for hydroxylation is 2. The van der Waals surface area contributed by atoms with Gasteiger partial charge >= 0.3 is 0 Å². The van der Waals surface area contributed by atoms with E-state index in [2.05, 4.69) is 15.0 Å². The number of nitrogens with zero attached hydrogens (tertiary/aromatic N) is 2. The lowest BCUT2D eigenvalue weighted by Crippen LogP contribution is -2.16. The predicted octanol–water partition coefficient (Wildman–Crippen LogP) is 1.22. The second-order valence-electron chi connectivity index (χ2n) is 3.98. The Morgan fingerprint density at radius 1 is 1.47 bits per heavy atom. The summed E-state index contributed by atoms with van der Waals surface area (Å²) in [6.45, 7) is 3.66. The zero-order valence-corrected chi connectivity index (χ0v) is 11.3. The number of H-pyrrole nitrogens is 1. The highest BCUT2D eigenvalue weighted by Gasteiger charge is 2.13. The molecular weight excluding hydrogens is 262 g/mol. The van der Waals surface area contributed by atoms with Gasteiger partial charge < -0.3 is 10.7 Å². The van der Waals surface area contributed by atoms with E-state index in [-0.39, 0.29) is 11.4 Å². The second-order valence-corrected chi connectivity index (χ2v) is 5.01. The van der Waals surface area contributed by atoms with E-state index in [1.165, 1.54) is 24.0 Å². The van der Waals surface area contributed by atoms with Crippen molar-refractivity contribution in [1.82, 2.24) is 15.0 Å². The zero-order chi connectivity index (χ0) is 14.0. The lowest BCUT2D eigenvalue weighted by atomic mass is 10.1. The Morgan fingerprint density at radius 2 is 2.21 bits per heavy atom. The molecule has 0 aliphatic heterocycles. The van der Waals surface area contributed by atoms with E-state index < -0.39 is 0 Å². The molecule has 6 nitrogen and oxygen atoms in total. The molecule has 0 unspecified atom stereocenters. The maximum absolute atomic E-state index is 11.2. The minimum absolute atomic E-state index is 0.0502. The van der Waals surface area contributed by atoms with E-state index in [9.17, 15) is 4.79 Å². The van der Waals surface area contributed by atoms with Crippen LogP contribution in [0.1, 0.15) is 17.0 Å². The number of hydrogen-bond donors (Lipinski definition) is 3. The number of nitrogens with two attached hydrogens (primary N) is 1. The highest BCUT2D eigenvalue weighted by atomic mass is 32.2. The normalized spacial score (nSPS) is 10.4. The molecular formula is C12H13N5OS. The van der Waals surface area contributed by atoms with Crippen LogP contribution in [0.5, 0.6) is 0 Å². The van der Waals surface area contributed by atoms with Gasteiger partial charge in [0.05, 0.1) is 5.56 Å². The standard InChI is InChI=1S/C12H13N5OS/c1-6-5-8(10(11(13)14)7(2)16-6)19-12-15-4-3-9(18)17-12/h3-5H,1-2H3,(H3,13,14)(H,15,17,18). The second kappa shape index (κ2) is 5.23. The van der Waals surface area contributed by atoms with E-state index in [0.29, 0.717) is 16.4 Å². The molecule has 7 heteroatoms. The van der Waals surface area contributed by atoms with Crippen LogP contribution in [0.2, 0.25) is 0 Å². The lowest BCUT2D eigenvalue weighted by Gasteiger charge is -2.10. The van der Waals surface area contributed by atoms with Crippen molar-refractivity contribution < 1.29 is 0 Å². The first-order valence-electron chi connectivity index (χ1n) is 5.53. The van der Waals surface area contributed by atoms with Crippen LogP contribution in [0.15, 0.2) is 33.2 Å². The van der Waals surface area contributed by atoms with Gasteiger partial charge in [0.15, 0.2) is 5.16 Å². The maximum atomic E-state index is 11.2. The van der Waals surface area contributed by atoms with Crippen LogP contribution < -0.4 is 11.3 Å². The largest absolute Gasteiger partial charge is 0.384 e. The fourth-order valence-corrected chi connectivity index (χ4v) is 2.77. The summed E-state index contributed by atoms with van der Waals surface area (Å²) < 4.78 is 0. The molecule has 0 radical (unpaired) electrons. The van der Waals surface area contributed by atoms with Crippen LogP contribution in [0.3, 0.4) is 0 Å². The fourth-order valence-electron chi connectivity index (χ4n) is 1.71. The monoisotopic (exact) mass is 275 g/mol. The lowest BCUT2D eigenvalue weighted by molar-refractivity contribution is 0.935. The smallest absolute Gasteiger partial charge is 0.251 e. The molecule has 2 aromatic heterocycles. The minimum Gasteiger partial charge on any atom is -0.384 e. The number of pyridine rings is 1. The molecule has 0 fully saturated rings. The van der Waals surface area contributed by atoms with Crippen molar-refractivity contribution in [3.63, 3.8) is 0 Å². The van der Waals surface area contributed by atoms with Gasteiger partial charge in [0.2, 0.25) is 0 Å². The third-order valence-corrected chi connectivity index (χ3v) is 3.36. The van der Waals surface area contributed by atoms with Gasteiger partial charge in [-0.05, 0) is 19.9 Å². The number of aromatic amines is 1. The average molecular weight is 275 g/mol. The van der Waals surface area contributed by atoms with Gasteiger partial charge in [-0.15, -0.1) is 0 Å². The van der Waals surface area contributed by atoms with Gasteiger partial charge in [0.25, 0.3) is 5.56 Å². The first kappa shape index (κ1) is 13.3. The van der Waals surface area contributed by atoms with Crippen molar-refractivity contribution >= 4 is 17.6 Å². The number of nitrogens with one attached hydrogen (secondary N) is 2. The molecule has 0 spiro atoms. The van der Waals surface area contributed by atoms with Crippen LogP contribution in [0.4, 0.5) is 0 Å². The van der Waals surface area contributed by atoms with E-state index in [4.69, 9.17) is 11.1 Å². The van der Waals surface area contributed by atoms with Crippen molar-refractivity contribution in [2.75, 3.05) is 0 Å². The number of rotatable bonds is 3. The first-order chi connectivity index (χ1) is 8.97. The molecule has 2 aromatic rings. The summed E-state index contributed by atoms with van der Waals surface area (Å²) in [7, 11) is 0. The van der Waals surface area contributed by atoms with Crippen LogP contribution in [-0.4, -0.2) is 20.8 Å². The number of amidine groups is 1. The van der Waals surface area contributed by atoms with Crippen LogP contribution in [-0.2, 0) is 0 Å². The summed E-state index contributed by atoms with van der Waals surface area (Å²) in [4.78, 5) is 23.0. The molecule has 0 atom stereocenters. The molecule has 98 valence electrons. The Kier molecular flexibility index (Phi) is 3.66. The summed E-state index contributed by atoms with van der Waals surface area (Å²) in [6, 6.07) is 3.17. The predicted molar refractivity (Wildman–Crippen MR) is 73.7 cm³/mol. The van der Waals surface area contributed by atoms with Gasteiger partial charge in [0, 0.05) is 28.5 Å². The SMILES string of the molecule is Cc1cc(Sc2nccc(=O)[nH]2)c(C(=N)N)c(C)n1. The molecule has 19 heavy (non-hydrogen) atoms. The summed E-state index contributed by atoms with van der Waals surface area (Å²) in [5.74, 6) is -0.0502. The van der Waals surface area contributed by atoms with Crippen molar-refractivity contribution in [3.8, 4) is 0 Å². The van der Waals surface area contributed by atoms with Gasteiger partial charge in [-0.3, -0.25) is 15.2 Å². The molecule has 0 aromatic carbocycles. The Bertz CT molecular complexity index is 695. The Morgan fingerprint density at radius 3 is 2.84 bits per heavy atom. The van der Waals surface area contributed by atoms with Gasteiger partial charge in [-0.25, -0.2) is 4.98 Å². The summed E-state index contributed by atoms with van der Waals surface area (Å²) in [5, 5.41) is 8.09. The van der Waals surface area contributed by atoms with Gasteiger partial charge in [-0.1, -0.05) is 11.8 Å². The average Bonchev–Trinajstić information content (AvgIpc) is 2.26. The van der Waals surface area contributed by atoms with Crippen molar-refractivity contribution in [1.29, 1.82) is 5.41 Å². The van der Waals surface area contributed by atoms with Crippen LogP contribution in [0.25, 0.3) is 0 Å². The third kappa shape index (κ3) is 3.00. The molecule has 0 saturated heterocycles. The van der Waals surface area contributed by atoms with E-state index in [0.717, 1.165) is 10.6 Å². The Labute approximate surface area is 114 Å². The molecule has 0 aliphatic rings. The molecule has 2 rings (SSSR count). The van der Waals surface area contributed by atoms with E-state index >= 15 is 0 Å². The van der Waals surface area contributed by atoms with Crippen LogP contribution >= 0.6 is 11.8 Å². The quantitative estimate of drug-likeness (QED) is 0.443. The first-order valence-corrected chi connectivity index (χ1v) is 6.35. The topological polar surface area (TPSA) is 109 Å². The number of nitrogen functional groups attached to an aromatic ring is 1. The highest BCUT2D eigenvalue weighted by molar-refractivity contribution is 7.99. The molecule has 0 bridgehead atoms. The zero-order valence-electron chi connectivity index (χ0n) is 10.5. The Hall–Kier alpha value is -2.15. The molecule has 4 N–H and O–H groups in total. The van der Waals surface area contributed by atoms with Crippen LogP contribution in [0, 0.1) is 19.3 Å². The summed E-state index contributed by atoms with van der Waals surface area (Å²) >= 11 is 1.26. The van der Waals surface area contributed by atoms with E-state index in [1.807, 2.05) is 13.0 Å². The maximum Gasteiger partial charge on any atom is 0.251 e. The summed E-state index contributed by atoms with van der Waals surface area (Å²) in [5.41, 5.74) is 7.45. The van der Waals surface area contributed by atoms with Crippen molar-refractivity contribution in [3.05, 3.63) is 45.6 Å². The minimum atomic E-state index is -0.218. The molecule has 0 amide bonds. The molecule has 0 saturated carbocycles. The van der Waals surface area contributed by atoms with Gasteiger partial charge in [-0.2, -0.15) is 0 Å². The highest BCUT2D eigenvalue weighted by Crippen LogP contribution is 2.29. The van der Waals surface area contributed by atoms with Crippen molar-refractivity contribution in [2.45, 2.75) is 23.9 Å².